The highest BCUT2D eigenvalue weighted by Crippen LogP contribution is 2.50. The minimum Gasteiger partial charge on any atom is -0.497 e. The summed E-state index contributed by atoms with van der Waals surface area (Å²) >= 11 is 0. The standard InChI is InChI=1S/C22H31N3O6S/c1-23-17-11-15(31-3)5-6-16(17)20-21(23)18(12-26)25(19(27)13-30-2)14-22(20)7-9-24(10-8-22)32(4,28)29/h5-6,11,18,26H,7-10,12-14H2,1-4H3/t18-/m0/s1. The zero-order chi connectivity index (χ0) is 23.3. The highest BCUT2D eigenvalue weighted by molar-refractivity contribution is 7.88. The summed E-state index contributed by atoms with van der Waals surface area (Å²) in [6.07, 6.45) is 2.41. The molecule has 1 aromatic heterocycles. The van der Waals surface area contributed by atoms with Gasteiger partial charge in [-0.05, 0) is 30.5 Å². The van der Waals surface area contributed by atoms with Gasteiger partial charge in [0.25, 0.3) is 0 Å². The quantitative estimate of drug-likeness (QED) is 0.707. The molecule has 1 saturated heterocycles. The number of aryl methyl sites for hydroxylation is 1. The van der Waals surface area contributed by atoms with Crippen LogP contribution in [0.2, 0.25) is 0 Å². The van der Waals surface area contributed by atoms with Crippen molar-refractivity contribution in [2.75, 3.05) is 53.3 Å². The molecule has 1 fully saturated rings. The molecule has 2 aromatic rings. The second kappa shape index (κ2) is 8.33. The van der Waals surface area contributed by atoms with E-state index in [1.807, 2.05) is 29.8 Å². The first-order valence-electron chi connectivity index (χ1n) is 10.7. The lowest BCUT2D eigenvalue weighted by Crippen LogP contribution is -2.56. The largest absolute Gasteiger partial charge is 0.497 e. The van der Waals surface area contributed by atoms with Crippen LogP contribution in [0.4, 0.5) is 0 Å². The number of aliphatic hydroxyl groups is 1. The third kappa shape index (κ3) is 3.59. The fourth-order valence-corrected chi connectivity index (χ4v) is 6.33. The van der Waals surface area contributed by atoms with Crippen molar-refractivity contribution in [2.24, 2.45) is 7.05 Å². The molecule has 3 heterocycles. The van der Waals surface area contributed by atoms with E-state index in [0.717, 1.165) is 27.9 Å². The van der Waals surface area contributed by atoms with Crippen LogP contribution in [0.25, 0.3) is 10.9 Å². The van der Waals surface area contributed by atoms with Crippen LogP contribution in [0, 0.1) is 0 Å². The molecule has 1 amide bonds. The van der Waals surface area contributed by atoms with Crippen LogP contribution in [0.1, 0.15) is 30.1 Å². The van der Waals surface area contributed by atoms with Crippen LogP contribution in [-0.4, -0.2) is 86.5 Å². The van der Waals surface area contributed by atoms with Gasteiger partial charge in [0.15, 0.2) is 0 Å². The van der Waals surface area contributed by atoms with E-state index < -0.39 is 21.5 Å². The fraction of sp³-hybridized carbons (Fsp3) is 0.591. The Balaban J connectivity index is 1.92. The van der Waals surface area contributed by atoms with E-state index in [9.17, 15) is 18.3 Å². The fourth-order valence-electron chi connectivity index (χ4n) is 5.48. The smallest absolute Gasteiger partial charge is 0.249 e. The summed E-state index contributed by atoms with van der Waals surface area (Å²) in [6, 6.07) is 5.40. The number of benzene rings is 1. The predicted molar refractivity (Wildman–Crippen MR) is 120 cm³/mol. The van der Waals surface area contributed by atoms with E-state index in [1.165, 1.54) is 17.7 Å². The van der Waals surface area contributed by atoms with E-state index in [4.69, 9.17) is 9.47 Å². The molecule has 9 nitrogen and oxygen atoms in total. The van der Waals surface area contributed by atoms with Gasteiger partial charge in [-0.1, -0.05) is 0 Å². The third-order valence-corrected chi connectivity index (χ3v) is 8.36. The average Bonchev–Trinajstić information content (AvgIpc) is 3.06. The number of carbonyl (C=O) groups is 1. The summed E-state index contributed by atoms with van der Waals surface area (Å²) in [4.78, 5) is 14.7. The molecule has 2 aliphatic rings. The molecule has 0 saturated carbocycles. The van der Waals surface area contributed by atoms with Crippen molar-refractivity contribution in [1.29, 1.82) is 0 Å². The average molecular weight is 466 g/mol. The first-order chi connectivity index (χ1) is 15.2. The molecule has 0 bridgehead atoms. The number of sulfonamides is 1. The lowest BCUT2D eigenvalue weighted by molar-refractivity contribution is -0.141. The molecule has 0 radical (unpaired) electrons. The Kier molecular flexibility index (Phi) is 6.00. The zero-order valence-corrected chi connectivity index (χ0v) is 19.8. The van der Waals surface area contributed by atoms with Crippen LogP contribution < -0.4 is 4.74 Å². The molecular formula is C22H31N3O6S. The molecule has 1 atom stereocenters. The second-order valence-electron chi connectivity index (χ2n) is 8.80. The number of methoxy groups -OCH3 is 2. The first-order valence-corrected chi connectivity index (χ1v) is 12.5. The summed E-state index contributed by atoms with van der Waals surface area (Å²) in [5.74, 6) is 0.536. The summed E-state index contributed by atoms with van der Waals surface area (Å²) in [7, 11) is 1.75. The molecular weight excluding hydrogens is 434 g/mol. The van der Waals surface area contributed by atoms with E-state index in [-0.39, 0.29) is 19.1 Å². The van der Waals surface area contributed by atoms with Crippen molar-refractivity contribution in [2.45, 2.75) is 24.3 Å². The van der Waals surface area contributed by atoms with E-state index in [2.05, 4.69) is 0 Å². The van der Waals surface area contributed by atoms with Crippen molar-refractivity contribution in [3.05, 3.63) is 29.5 Å². The minimum absolute atomic E-state index is 0.0743. The number of piperidine rings is 1. The number of fused-ring (bicyclic) bond motifs is 4. The number of ether oxygens (including phenoxy) is 2. The maximum Gasteiger partial charge on any atom is 0.249 e. The topological polar surface area (TPSA) is 101 Å². The minimum atomic E-state index is -3.29. The molecule has 4 rings (SSSR count). The Bertz CT molecular complexity index is 1130. The maximum atomic E-state index is 13.0. The highest BCUT2D eigenvalue weighted by atomic mass is 32.2. The van der Waals surface area contributed by atoms with Crippen LogP contribution >= 0.6 is 0 Å². The Morgan fingerprint density at radius 1 is 1.25 bits per heavy atom. The molecule has 32 heavy (non-hydrogen) atoms. The van der Waals surface area contributed by atoms with Crippen molar-refractivity contribution in [1.82, 2.24) is 13.8 Å². The molecule has 2 aliphatic heterocycles. The molecule has 1 spiro atoms. The first kappa shape index (κ1) is 23.0. The van der Waals surface area contributed by atoms with Gasteiger partial charge in [-0.3, -0.25) is 4.79 Å². The Morgan fingerprint density at radius 3 is 2.50 bits per heavy atom. The van der Waals surface area contributed by atoms with Crippen molar-refractivity contribution >= 4 is 26.8 Å². The summed E-state index contributed by atoms with van der Waals surface area (Å²) in [6.45, 7) is 0.905. The summed E-state index contributed by atoms with van der Waals surface area (Å²) < 4.78 is 38.4. The van der Waals surface area contributed by atoms with Crippen LogP contribution in [0.3, 0.4) is 0 Å². The van der Waals surface area contributed by atoms with Gasteiger partial charge >= 0.3 is 0 Å². The Labute approximate surface area is 188 Å². The van der Waals surface area contributed by atoms with Gasteiger partial charge in [0.2, 0.25) is 15.9 Å². The number of rotatable bonds is 5. The number of nitrogens with zero attached hydrogens (tertiary/aromatic N) is 3. The van der Waals surface area contributed by atoms with E-state index >= 15 is 0 Å². The van der Waals surface area contributed by atoms with E-state index in [1.54, 1.807) is 12.0 Å². The summed E-state index contributed by atoms with van der Waals surface area (Å²) in [5, 5.41) is 11.4. The van der Waals surface area contributed by atoms with Crippen LogP contribution in [0.5, 0.6) is 5.75 Å². The normalized spacial score (nSPS) is 21.2. The molecule has 176 valence electrons. The predicted octanol–water partition coefficient (Wildman–Crippen LogP) is 1.00. The number of aliphatic hydroxyl groups excluding tert-OH is 1. The van der Waals surface area contributed by atoms with Gasteiger partial charge in [0, 0.05) is 56.4 Å². The Hall–Kier alpha value is -2.14. The van der Waals surface area contributed by atoms with Crippen molar-refractivity contribution < 1.29 is 27.8 Å². The van der Waals surface area contributed by atoms with Gasteiger partial charge in [-0.25, -0.2) is 12.7 Å². The van der Waals surface area contributed by atoms with Crippen molar-refractivity contribution in [3.8, 4) is 5.75 Å². The van der Waals surface area contributed by atoms with Gasteiger partial charge < -0.3 is 24.0 Å². The molecule has 1 aromatic carbocycles. The highest BCUT2D eigenvalue weighted by Gasteiger charge is 2.50. The number of hydrogen-bond acceptors (Lipinski definition) is 6. The lowest BCUT2D eigenvalue weighted by atomic mass is 9.68. The van der Waals surface area contributed by atoms with Gasteiger partial charge in [0.1, 0.15) is 12.4 Å². The van der Waals surface area contributed by atoms with Gasteiger partial charge in [-0.15, -0.1) is 0 Å². The monoisotopic (exact) mass is 465 g/mol. The lowest BCUT2D eigenvalue weighted by Gasteiger charge is -2.50. The molecule has 0 aliphatic carbocycles. The maximum absolute atomic E-state index is 13.0. The number of aromatic nitrogens is 1. The van der Waals surface area contributed by atoms with Gasteiger partial charge in [-0.2, -0.15) is 0 Å². The molecule has 10 heteroatoms. The zero-order valence-electron chi connectivity index (χ0n) is 19.0. The summed E-state index contributed by atoms with van der Waals surface area (Å²) in [5.41, 5.74) is 2.53. The number of amides is 1. The SMILES string of the molecule is COCC(=O)N1CC2(CCN(S(C)(=O)=O)CC2)c2c(n(C)c3cc(OC)ccc23)[C@@H]1CO. The Morgan fingerprint density at radius 2 is 1.94 bits per heavy atom. The molecule has 0 unspecified atom stereocenters. The molecule has 1 N–H and O–H groups in total. The van der Waals surface area contributed by atoms with Crippen LogP contribution in [0.15, 0.2) is 18.2 Å². The number of carbonyl (C=O) groups excluding carboxylic acids is 1. The van der Waals surface area contributed by atoms with E-state index in [0.29, 0.717) is 32.5 Å². The third-order valence-electron chi connectivity index (χ3n) is 7.06. The van der Waals surface area contributed by atoms with Crippen LogP contribution in [-0.2, 0) is 32.0 Å². The number of hydrogen-bond donors (Lipinski definition) is 1. The second-order valence-corrected chi connectivity index (χ2v) is 10.8. The van der Waals surface area contributed by atoms with Crippen molar-refractivity contribution in [3.63, 3.8) is 0 Å². The van der Waals surface area contributed by atoms with Gasteiger partial charge in [0.05, 0.1) is 31.5 Å².